The Balaban J connectivity index is 0.000000541. The van der Waals surface area contributed by atoms with E-state index in [0.29, 0.717) is 36.5 Å². The highest BCUT2D eigenvalue weighted by atomic mass is 16.6. The number of carbonyl (C=O) groups excluding carboxylic acids is 3. The maximum atomic E-state index is 11.5. The molecule has 1 aliphatic heterocycles. The molecular weight excluding hydrogens is 436 g/mol. The summed E-state index contributed by atoms with van der Waals surface area (Å²) in [5, 5.41) is 0. The lowest BCUT2D eigenvalue weighted by atomic mass is 10.2. The van der Waals surface area contributed by atoms with Gasteiger partial charge >= 0.3 is 17.9 Å². The van der Waals surface area contributed by atoms with E-state index >= 15 is 0 Å². The van der Waals surface area contributed by atoms with Crippen molar-refractivity contribution in [1.29, 1.82) is 0 Å². The molecule has 0 spiro atoms. The maximum Gasteiger partial charge on any atom is 0.337 e. The smallest absolute Gasteiger partial charge is 0.337 e. The first-order chi connectivity index (χ1) is 16.1. The molecule has 1 atom stereocenters. The lowest BCUT2D eigenvalue weighted by Crippen LogP contribution is -2.09. The van der Waals surface area contributed by atoms with E-state index in [-0.39, 0.29) is 24.0 Å². The van der Waals surface area contributed by atoms with Gasteiger partial charge in [0.2, 0.25) is 0 Å². The molecule has 0 aromatic heterocycles. The van der Waals surface area contributed by atoms with E-state index in [1.54, 1.807) is 19.9 Å². The molecule has 0 amide bonds. The van der Waals surface area contributed by atoms with Crippen molar-refractivity contribution in [2.24, 2.45) is 0 Å². The summed E-state index contributed by atoms with van der Waals surface area (Å²) in [5.74, 6) is -1.03. The standard InChI is InChI=1S/C15H18O2.C7H10O3.C5H8O2/c1-3-4-12-17-15(16)13(2)10-11-14-8-6-5-7-9-14;1-5(2)7(8)10-4-6-3-9-6;1-4(2)5(6)7-3/h5-11H,2-4,12H2,1H3;6H,1,3-4H2,2H3;1H2,2-3H3. The first-order valence-electron chi connectivity index (χ1n) is 10.9. The Morgan fingerprint density at radius 3 is 2.03 bits per heavy atom. The molecule has 7 nitrogen and oxygen atoms in total. The third-order valence-electron chi connectivity index (χ3n) is 3.95. The minimum Gasteiger partial charge on any atom is -0.466 e. The fourth-order valence-corrected chi connectivity index (χ4v) is 1.86. The third-order valence-corrected chi connectivity index (χ3v) is 3.95. The largest absolute Gasteiger partial charge is 0.466 e. The maximum absolute atomic E-state index is 11.5. The number of methoxy groups -OCH3 is 1. The van der Waals surface area contributed by atoms with Crippen LogP contribution in [0, 0.1) is 0 Å². The lowest BCUT2D eigenvalue weighted by Gasteiger charge is -2.02. The molecule has 0 aliphatic carbocycles. The van der Waals surface area contributed by atoms with E-state index < -0.39 is 0 Å². The van der Waals surface area contributed by atoms with Gasteiger partial charge in [-0.3, -0.25) is 0 Å². The van der Waals surface area contributed by atoms with Crippen LogP contribution in [0.3, 0.4) is 0 Å². The molecule has 186 valence electrons. The van der Waals surface area contributed by atoms with Crippen LogP contribution >= 0.6 is 0 Å². The molecule has 1 heterocycles. The highest BCUT2D eigenvalue weighted by Crippen LogP contribution is 2.09. The van der Waals surface area contributed by atoms with E-state index in [1.807, 2.05) is 36.4 Å². The first-order valence-corrected chi connectivity index (χ1v) is 10.9. The van der Waals surface area contributed by atoms with Gasteiger partial charge in [0.05, 0.1) is 25.9 Å². The van der Waals surface area contributed by atoms with Gasteiger partial charge in [-0.2, -0.15) is 0 Å². The number of ether oxygens (including phenoxy) is 4. The van der Waals surface area contributed by atoms with Gasteiger partial charge in [-0.05, 0) is 31.9 Å². The minimum atomic E-state index is -0.347. The molecule has 1 fully saturated rings. The van der Waals surface area contributed by atoms with Gasteiger partial charge in [0.15, 0.2) is 0 Å². The van der Waals surface area contributed by atoms with E-state index in [9.17, 15) is 14.4 Å². The van der Waals surface area contributed by atoms with Gasteiger partial charge in [0.1, 0.15) is 12.7 Å². The van der Waals surface area contributed by atoms with Crippen LogP contribution in [-0.2, 0) is 33.3 Å². The topological polar surface area (TPSA) is 91.4 Å². The van der Waals surface area contributed by atoms with Crippen LogP contribution in [0.1, 0.15) is 39.2 Å². The molecule has 0 saturated carbocycles. The predicted octanol–water partition coefficient (Wildman–Crippen LogP) is 4.84. The summed E-state index contributed by atoms with van der Waals surface area (Å²) in [6.07, 6.45) is 5.58. The number of esters is 3. The van der Waals surface area contributed by atoms with Gasteiger partial charge in [-0.25, -0.2) is 14.4 Å². The van der Waals surface area contributed by atoms with Crippen LogP contribution in [0.4, 0.5) is 0 Å². The van der Waals surface area contributed by atoms with Gasteiger partial charge < -0.3 is 18.9 Å². The molecule has 1 unspecified atom stereocenters. The van der Waals surface area contributed by atoms with Gasteiger partial charge in [-0.15, -0.1) is 0 Å². The van der Waals surface area contributed by atoms with E-state index in [4.69, 9.17) is 14.2 Å². The van der Waals surface area contributed by atoms with Crippen molar-refractivity contribution in [1.82, 2.24) is 0 Å². The Morgan fingerprint density at radius 2 is 1.59 bits per heavy atom. The van der Waals surface area contributed by atoms with E-state index in [1.165, 1.54) is 7.11 Å². The zero-order valence-electron chi connectivity index (χ0n) is 20.6. The van der Waals surface area contributed by atoms with Crippen molar-refractivity contribution in [2.75, 3.05) is 26.9 Å². The second kappa shape index (κ2) is 18.0. The molecule has 0 radical (unpaired) electrons. The number of carbonyl (C=O) groups is 3. The van der Waals surface area contributed by atoms with Crippen molar-refractivity contribution < 1.29 is 33.3 Å². The fraction of sp³-hybridized carbons (Fsp3) is 0.370. The zero-order chi connectivity index (χ0) is 25.9. The second-order valence-corrected chi connectivity index (χ2v) is 7.36. The highest BCUT2D eigenvalue weighted by Gasteiger charge is 2.24. The molecule has 1 saturated heterocycles. The Labute approximate surface area is 202 Å². The predicted molar refractivity (Wildman–Crippen MR) is 133 cm³/mol. The molecule has 7 heteroatoms. The molecule has 34 heavy (non-hydrogen) atoms. The van der Waals surface area contributed by atoms with Crippen molar-refractivity contribution in [3.8, 4) is 0 Å². The monoisotopic (exact) mass is 472 g/mol. The van der Waals surface area contributed by atoms with Gasteiger partial charge in [0.25, 0.3) is 0 Å². The molecule has 1 aromatic carbocycles. The quantitative estimate of drug-likeness (QED) is 0.120. The Bertz CT molecular complexity index is 849. The summed E-state index contributed by atoms with van der Waals surface area (Å²) >= 11 is 0. The summed E-state index contributed by atoms with van der Waals surface area (Å²) in [7, 11) is 1.33. The summed E-state index contributed by atoms with van der Waals surface area (Å²) in [6, 6.07) is 9.77. The minimum absolute atomic E-state index is 0.142. The third kappa shape index (κ3) is 16.2. The number of benzene rings is 1. The van der Waals surface area contributed by atoms with Crippen molar-refractivity contribution in [3.05, 3.63) is 78.4 Å². The molecule has 2 rings (SSSR count). The summed E-state index contributed by atoms with van der Waals surface area (Å²) in [6.45, 7) is 17.3. The SMILES string of the molecule is C=C(C)C(=O)OC.C=C(C)C(=O)OCC1CO1.C=C(C=Cc1ccccc1)C(=O)OCCCC. The second-order valence-electron chi connectivity index (χ2n) is 7.36. The van der Waals surface area contributed by atoms with Gasteiger partial charge in [0, 0.05) is 11.1 Å². The summed E-state index contributed by atoms with van der Waals surface area (Å²) < 4.78 is 18.9. The number of rotatable bonds is 10. The fourth-order valence-electron chi connectivity index (χ4n) is 1.86. The van der Waals surface area contributed by atoms with Crippen molar-refractivity contribution in [3.63, 3.8) is 0 Å². The number of epoxide rings is 1. The first kappa shape index (κ1) is 30.6. The number of hydrogen-bond donors (Lipinski definition) is 0. The Morgan fingerprint density at radius 1 is 1.00 bits per heavy atom. The number of hydrogen-bond acceptors (Lipinski definition) is 7. The lowest BCUT2D eigenvalue weighted by molar-refractivity contribution is -0.140. The average molecular weight is 473 g/mol. The molecule has 0 bridgehead atoms. The summed E-state index contributed by atoms with van der Waals surface area (Å²) in [5.41, 5.74) is 2.28. The average Bonchev–Trinajstić information content (AvgIpc) is 3.66. The van der Waals surface area contributed by atoms with Crippen molar-refractivity contribution >= 4 is 24.0 Å². The van der Waals surface area contributed by atoms with E-state index in [2.05, 4.69) is 31.4 Å². The Kier molecular flexibility index (Phi) is 16.2. The molecule has 0 N–H and O–H groups in total. The van der Waals surface area contributed by atoms with Crippen LogP contribution < -0.4 is 0 Å². The van der Waals surface area contributed by atoms with Crippen LogP contribution in [-0.4, -0.2) is 50.9 Å². The molecule has 1 aliphatic rings. The van der Waals surface area contributed by atoms with Crippen LogP contribution in [0.2, 0.25) is 0 Å². The number of unbranched alkanes of at least 4 members (excludes halogenated alkanes) is 1. The molecule has 1 aromatic rings. The normalized spacial score (nSPS) is 13.2. The van der Waals surface area contributed by atoms with Crippen LogP contribution in [0.15, 0.2) is 72.9 Å². The highest BCUT2D eigenvalue weighted by molar-refractivity contribution is 5.92. The van der Waals surface area contributed by atoms with E-state index in [0.717, 1.165) is 18.4 Å². The van der Waals surface area contributed by atoms with Crippen LogP contribution in [0.25, 0.3) is 6.08 Å². The molecular formula is C27H36O7. The zero-order valence-corrected chi connectivity index (χ0v) is 20.6. The van der Waals surface area contributed by atoms with Crippen molar-refractivity contribution in [2.45, 2.75) is 39.7 Å². The summed E-state index contributed by atoms with van der Waals surface area (Å²) in [4.78, 5) is 32.4. The Hall–Kier alpha value is -3.45. The van der Waals surface area contributed by atoms with Gasteiger partial charge in [-0.1, -0.05) is 69.5 Å². The van der Waals surface area contributed by atoms with Crippen LogP contribution in [0.5, 0.6) is 0 Å².